The van der Waals surface area contributed by atoms with E-state index >= 15 is 0 Å². The van der Waals surface area contributed by atoms with Crippen LogP contribution in [0.1, 0.15) is 55.6 Å². The van der Waals surface area contributed by atoms with Gasteiger partial charge in [-0.25, -0.2) is 4.79 Å². The first-order valence-corrected chi connectivity index (χ1v) is 10.6. The maximum absolute atomic E-state index is 13.2. The number of nitrogens with zero attached hydrogens (tertiary/aromatic N) is 1. The Kier molecular flexibility index (Phi) is 5.76. The minimum absolute atomic E-state index is 0.00268. The highest BCUT2D eigenvalue weighted by Crippen LogP contribution is 2.38. The molecule has 0 spiro atoms. The van der Waals surface area contributed by atoms with Gasteiger partial charge in [0.1, 0.15) is 18.8 Å². The van der Waals surface area contributed by atoms with Crippen molar-refractivity contribution >= 4 is 17.7 Å². The molecule has 7 nitrogen and oxygen atoms in total. The molecule has 2 aromatic rings. The number of carbonyl (C=O) groups is 2. The van der Waals surface area contributed by atoms with Gasteiger partial charge in [0.05, 0.1) is 6.04 Å². The molecule has 0 unspecified atom stereocenters. The van der Waals surface area contributed by atoms with Crippen molar-refractivity contribution in [1.29, 1.82) is 0 Å². The highest BCUT2D eigenvalue weighted by Gasteiger charge is 2.31. The van der Waals surface area contributed by atoms with Crippen LogP contribution in [0.2, 0.25) is 0 Å². The zero-order chi connectivity index (χ0) is 22.0. The Morgan fingerprint density at radius 2 is 1.74 bits per heavy atom. The fraction of sp³-hybridized carbons (Fsp3) is 0.417. The van der Waals surface area contributed by atoms with Gasteiger partial charge < -0.3 is 19.1 Å². The van der Waals surface area contributed by atoms with Gasteiger partial charge in [-0.2, -0.15) is 0 Å². The van der Waals surface area contributed by atoms with E-state index in [2.05, 4.69) is 5.32 Å². The van der Waals surface area contributed by atoms with Gasteiger partial charge in [0.15, 0.2) is 11.5 Å². The van der Waals surface area contributed by atoms with E-state index in [1.165, 1.54) is 0 Å². The first-order chi connectivity index (χ1) is 14.8. The molecule has 1 atom stereocenters. The number of hydrogen-bond acceptors (Lipinski definition) is 5. The topological polar surface area (TPSA) is 77.1 Å². The molecule has 0 aromatic heterocycles. The third-order valence-corrected chi connectivity index (χ3v) is 5.24. The van der Waals surface area contributed by atoms with Crippen molar-refractivity contribution in [2.24, 2.45) is 0 Å². The Labute approximate surface area is 182 Å². The molecule has 1 N–H and O–H groups in total. The van der Waals surface area contributed by atoms with Crippen molar-refractivity contribution in [2.75, 3.05) is 25.1 Å². The van der Waals surface area contributed by atoms with Crippen molar-refractivity contribution in [3.05, 3.63) is 53.6 Å². The fourth-order valence-electron chi connectivity index (χ4n) is 3.91. The summed E-state index contributed by atoms with van der Waals surface area (Å²) in [4.78, 5) is 27.0. The molecule has 164 valence electrons. The Morgan fingerprint density at radius 1 is 1.03 bits per heavy atom. The molecule has 0 radical (unpaired) electrons. The lowest BCUT2D eigenvalue weighted by Crippen LogP contribution is -2.30. The molecule has 0 saturated carbocycles. The lowest BCUT2D eigenvalue weighted by atomic mass is 10.0. The predicted octanol–water partition coefficient (Wildman–Crippen LogP) is 4.78. The van der Waals surface area contributed by atoms with Crippen LogP contribution in [0.25, 0.3) is 0 Å². The molecule has 31 heavy (non-hydrogen) atoms. The van der Waals surface area contributed by atoms with E-state index in [0.717, 1.165) is 29.9 Å². The van der Waals surface area contributed by atoms with Gasteiger partial charge in [-0.1, -0.05) is 6.07 Å². The molecule has 2 aromatic carbocycles. The summed E-state index contributed by atoms with van der Waals surface area (Å²) in [7, 11) is 0. The summed E-state index contributed by atoms with van der Waals surface area (Å²) in [5.41, 5.74) is 1.65. The van der Waals surface area contributed by atoms with E-state index in [0.29, 0.717) is 31.0 Å². The fourth-order valence-corrected chi connectivity index (χ4v) is 3.91. The molecule has 2 amide bonds. The summed E-state index contributed by atoms with van der Waals surface area (Å²) in [5.74, 6) is 1.46. The second-order valence-corrected chi connectivity index (χ2v) is 8.76. The van der Waals surface area contributed by atoms with E-state index in [4.69, 9.17) is 14.2 Å². The summed E-state index contributed by atoms with van der Waals surface area (Å²) in [5, 5.41) is 2.69. The average molecular weight is 424 g/mol. The second-order valence-electron chi connectivity index (χ2n) is 8.76. The minimum Gasteiger partial charge on any atom is -0.486 e. The summed E-state index contributed by atoms with van der Waals surface area (Å²) in [6, 6.07) is 12.8. The normalized spacial score (nSPS) is 17.9. The minimum atomic E-state index is -0.571. The summed E-state index contributed by atoms with van der Waals surface area (Å²) >= 11 is 0. The lowest BCUT2D eigenvalue weighted by molar-refractivity contribution is 0.0635. The standard InChI is InChI=1S/C24H28N2O5/c1-24(2,3)31-23(28)25-18-9-6-16(7-10-18)22(27)26-12-4-5-19(26)17-8-11-20-21(15-17)30-14-13-29-20/h6-11,15,19H,4-5,12-14H2,1-3H3,(H,25,28)/t19-/m1/s1. The first kappa shape index (κ1) is 21.0. The van der Waals surface area contributed by atoms with Crippen LogP contribution in [0.3, 0.4) is 0 Å². The van der Waals surface area contributed by atoms with E-state index in [1.54, 1.807) is 24.3 Å². The average Bonchev–Trinajstić information content (AvgIpc) is 3.22. The third kappa shape index (κ3) is 4.93. The molecule has 2 heterocycles. The van der Waals surface area contributed by atoms with E-state index < -0.39 is 11.7 Å². The van der Waals surface area contributed by atoms with Crippen molar-refractivity contribution in [2.45, 2.75) is 45.3 Å². The quantitative estimate of drug-likeness (QED) is 0.767. The van der Waals surface area contributed by atoms with Crippen LogP contribution in [0, 0.1) is 0 Å². The molecule has 4 rings (SSSR count). The van der Waals surface area contributed by atoms with E-state index in [1.807, 2.05) is 43.9 Å². The van der Waals surface area contributed by atoms with Crippen LogP contribution < -0.4 is 14.8 Å². The van der Waals surface area contributed by atoms with Crippen molar-refractivity contribution in [1.82, 2.24) is 4.90 Å². The summed E-state index contributed by atoms with van der Waals surface area (Å²) in [6.07, 6.45) is 1.33. The SMILES string of the molecule is CC(C)(C)OC(=O)Nc1ccc(C(=O)N2CCC[C@@H]2c2ccc3c(c2)OCCO3)cc1. The zero-order valence-corrected chi connectivity index (χ0v) is 18.1. The Balaban J connectivity index is 1.45. The molecular weight excluding hydrogens is 396 g/mol. The molecule has 7 heteroatoms. The number of ether oxygens (including phenoxy) is 3. The predicted molar refractivity (Wildman–Crippen MR) is 117 cm³/mol. The van der Waals surface area contributed by atoms with Crippen LogP contribution in [-0.2, 0) is 4.74 Å². The number of fused-ring (bicyclic) bond motifs is 1. The number of likely N-dealkylation sites (tertiary alicyclic amines) is 1. The number of benzene rings is 2. The van der Waals surface area contributed by atoms with Gasteiger partial charge in [-0.05, 0) is 75.6 Å². The maximum Gasteiger partial charge on any atom is 0.412 e. The first-order valence-electron chi connectivity index (χ1n) is 10.6. The highest BCUT2D eigenvalue weighted by molar-refractivity contribution is 5.95. The number of rotatable bonds is 3. The molecule has 1 fully saturated rings. The van der Waals surface area contributed by atoms with Crippen LogP contribution in [-0.4, -0.2) is 42.3 Å². The lowest BCUT2D eigenvalue weighted by Gasteiger charge is -2.27. The number of hydrogen-bond donors (Lipinski definition) is 1. The Hall–Kier alpha value is -3.22. The van der Waals surface area contributed by atoms with Crippen LogP contribution in [0.4, 0.5) is 10.5 Å². The van der Waals surface area contributed by atoms with Gasteiger partial charge >= 0.3 is 6.09 Å². The second kappa shape index (κ2) is 8.49. The number of nitrogens with one attached hydrogen (secondary N) is 1. The van der Waals surface area contributed by atoms with E-state index in [-0.39, 0.29) is 11.9 Å². The molecule has 1 saturated heterocycles. The summed E-state index contributed by atoms with van der Waals surface area (Å²) < 4.78 is 16.6. The van der Waals surface area contributed by atoms with Crippen molar-refractivity contribution < 1.29 is 23.8 Å². The maximum atomic E-state index is 13.2. The van der Waals surface area contributed by atoms with Gasteiger partial charge in [-0.15, -0.1) is 0 Å². The highest BCUT2D eigenvalue weighted by atomic mass is 16.6. The Morgan fingerprint density at radius 3 is 2.45 bits per heavy atom. The molecule has 2 aliphatic rings. The number of amides is 2. The van der Waals surface area contributed by atoms with Gasteiger partial charge in [0.2, 0.25) is 0 Å². The smallest absolute Gasteiger partial charge is 0.412 e. The zero-order valence-electron chi connectivity index (χ0n) is 18.1. The monoisotopic (exact) mass is 424 g/mol. The molecule has 0 bridgehead atoms. The van der Waals surface area contributed by atoms with Gasteiger partial charge in [-0.3, -0.25) is 10.1 Å². The van der Waals surface area contributed by atoms with Gasteiger partial charge in [0, 0.05) is 17.8 Å². The van der Waals surface area contributed by atoms with Crippen LogP contribution >= 0.6 is 0 Å². The Bertz CT molecular complexity index is 965. The molecule has 0 aliphatic carbocycles. The number of carbonyl (C=O) groups excluding carboxylic acids is 2. The largest absolute Gasteiger partial charge is 0.486 e. The van der Waals surface area contributed by atoms with E-state index in [9.17, 15) is 9.59 Å². The summed E-state index contributed by atoms with van der Waals surface area (Å²) in [6.45, 7) is 7.22. The van der Waals surface area contributed by atoms with Crippen molar-refractivity contribution in [3.8, 4) is 11.5 Å². The van der Waals surface area contributed by atoms with Crippen molar-refractivity contribution in [3.63, 3.8) is 0 Å². The van der Waals surface area contributed by atoms with Gasteiger partial charge in [0.25, 0.3) is 5.91 Å². The molecule has 2 aliphatic heterocycles. The third-order valence-electron chi connectivity index (χ3n) is 5.24. The molecular formula is C24H28N2O5. The van der Waals surface area contributed by atoms with Crippen LogP contribution in [0.15, 0.2) is 42.5 Å². The number of anilines is 1. The van der Waals surface area contributed by atoms with Crippen LogP contribution in [0.5, 0.6) is 11.5 Å².